The van der Waals surface area contributed by atoms with Crippen LogP contribution in [-0.2, 0) is 0 Å². The molecule has 4 rings (SSSR count). The highest BCUT2D eigenvalue weighted by Gasteiger charge is 2.53. The Hall–Kier alpha value is -2.44. The summed E-state index contributed by atoms with van der Waals surface area (Å²) in [6, 6.07) is 3.62. The minimum Gasteiger partial charge on any atom is -0.319 e. The smallest absolute Gasteiger partial charge is 0.319 e. The first kappa shape index (κ1) is 15.1. The van der Waals surface area contributed by atoms with Crippen molar-refractivity contribution in [2.24, 2.45) is 5.92 Å². The van der Waals surface area contributed by atoms with Gasteiger partial charge in [-0.2, -0.15) is 9.78 Å². The lowest BCUT2D eigenvalue weighted by atomic mass is 9.69. The van der Waals surface area contributed by atoms with Crippen LogP contribution in [0.3, 0.4) is 0 Å². The fraction of sp³-hybridized carbons (Fsp3) is 0.529. The van der Waals surface area contributed by atoms with Crippen LogP contribution in [0.25, 0.3) is 5.95 Å². The molecule has 2 aromatic heterocycles. The monoisotopic (exact) mass is 326 g/mol. The largest absolute Gasteiger partial charge is 0.323 e. The number of nitrogens with one attached hydrogen (secondary N) is 1. The number of aromatic nitrogens is 4. The first-order chi connectivity index (χ1) is 11.5. The number of hydrogen-bond acceptors (Lipinski definition) is 4. The average Bonchev–Trinajstić information content (AvgIpc) is 3.04. The van der Waals surface area contributed by atoms with E-state index in [0.29, 0.717) is 17.7 Å². The van der Waals surface area contributed by atoms with Crippen molar-refractivity contribution >= 4 is 11.8 Å². The van der Waals surface area contributed by atoms with Crippen molar-refractivity contribution in [2.45, 2.75) is 45.6 Å². The third-order valence-corrected chi connectivity index (χ3v) is 5.48. The molecule has 1 aliphatic heterocycles. The third kappa shape index (κ3) is 2.26. The van der Waals surface area contributed by atoms with Crippen molar-refractivity contribution in [3.8, 4) is 5.95 Å². The number of aryl methyl sites for hydroxylation is 2. The van der Waals surface area contributed by atoms with E-state index in [4.69, 9.17) is 0 Å². The number of nitrogens with zero attached hydrogens (tertiary/aromatic N) is 5. The van der Waals surface area contributed by atoms with Gasteiger partial charge in [-0.15, -0.1) is 0 Å². The third-order valence-electron chi connectivity index (χ3n) is 5.48. The average molecular weight is 326 g/mol. The number of rotatable bonds is 2. The molecule has 2 atom stereocenters. The quantitative estimate of drug-likeness (QED) is 0.920. The molecule has 126 valence electrons. The molecule has 0 unspecified atom stereocenters. The van der Waals surface area contributed by atoms with Crippen molar-refractivity contribution in [1.82, 2.24) is 24.6 Å². The van der Waals surface area contributed by atoms with E-state index in [9.17, 15) is 4.79 Å². The lowest BCUT2D eigenvalue weighted by molar-refractivity contribution is 0.0656. The van der Waals surface area contributed by atoms with Gasteiger partial charge >= 0.3 is 6.03 Å². The molecule has 2 fully saturated rings. The fourth-order valence-corrected chi connectivity index (χ4v) is 3.99. The van der Waals surface area contributed by atoms with Gasteiger partial charge in [-0.05, 0) is 52.0 Å². The summed E-state index contributed by atoms with van der Waals surface area (Å²) in [5.41, 5.74) is 1.76. The van der Waals surface area contributed by atoms with Crippen LogP contribution in [0.2, 0.25) is 0 Å². The molecule has 0 bridgehead atoms. The molecule has 1 N–H and O–H groups in total. The predicted molar refractivity (Wildman–Crippen MR) is 90.1 cm³/mol. The second-order valence-electron chi connectivity index (χ2n) is 7.04. The van der Waals surface area contributed by atoms with E-state index in [1.165, 1.54) is 6.42 Å². The molecule has 2 aliphatic rings. The van der Waals surface area contributed by atoms with Crippen LogP contribution in [0.5, 0.6) is 0 Å². The number of likely N-dealkylation sites (tertiary alicyclic amines) is 1. The lowest BCUT2D eigenvalue weighted by Crippen LogP contribution is -2.55. The number of urea groups is 1. The maximum absolute atomic E-state index is 12.8. The first-order valence-electron chi connectivity index (χ1n) is 8.43. The van der Waals surface area contributed by atoms with E-state index in [0.717, 1.165) is 30.8 Å². The number of carbonyl (C=O) groups excluding carboxylic acids is 1. The highest BCUT2D eigenvalue weighted by atomic mass is 16.2. The van der Waals surface area contributed by atoms with Crippen molar-refractivity contribution in [3.63, 3.8) is 0 Å². The first-order valence-corrected chi connectivity index (χ1v) is 8.43. The molecule has 24 heavy (non-hydrogen) atoms. The summed E-state index contributed by atoms with van der Waals surface area (Å²) in [6.07, 6.45) is 5.07. The molecule has 1 aliphatic carbocycles. The van der Waals surface area contributed by atoms with Gasteiger partial charge in [0.15, 0.2) is 0 Å². The second-order valence-corrected chi connectivity index (χ2v) is 7.04. The SMILES string of the molecule is Cc1cc(C)nc(-n2nccc2NC(=O)N2CC[C@@H]3CC[C@@]32C)n1. The summed E-state index contributed by atoms with van der Waals surface area (Å²) in [5, 5.41) is 7.26. The normalized spacial score (nSPS) is 25.3. The van der Waals surface area contributed by atoms with Crippen molar-refractivity contribution in [3.05, 3.63) is 29.7 Å². The van der Waals surface area contributed by atoms with Crippen molar-refractivity contribution < 1.29 is 4.79 Å². The molecule has 2 amide bonds. The Morgan fingerprint density at radius 1 is 1.29 bits per heavy atom. The van der Waals surface area contributed by atoms with E-state index in [1.807, 2.05) is 24.8 Å². The van der Waals surface area contributed by atoms with Gasteiger partial charge in [-0.25, -0.2) is 14.8 Å². The summed E-state index contributed by atoms with van der Waals surface area (Å²) in [6.45, 7) is 6.85. The number of hydrogen-bond donors (Lipinski definition) is 1. The van der Waals surface area contributed by atoms with Crippen LogP contribution in [-0.4, -0.2) is 42.8 Å². The second kappa shape index (κ2) is 5.29. The van der Waals surface area contributed by atoms with Crippen LogP contribution >= 0.6 is 0 Å². The molecule has 7 nitrogen and oxygen atoms in total. The maximum Gasteiger partial charge on any atom is 0.323 e. The summed E-state index contributed by atoms with van der Waals surface area (Å²) < 4.78 is 1.58. The Bertz CT molecular complexity index is 780. The summed E-state index contributed by atoms with van der Waals surface area (Å²) in [7, 11) is 0. The minimum atomic E-state index is -0.0641. The summed E-state index contributed by atoms with van der Waals surface area (Å²) in [4.78, 5) is 23.6. The van der Waals surface area contributed by atoms with Gasteiger partial charge in [0, 0.05) is 29.5 Å². The summed E-state index contributed by atoms with van der Waals surface area (Å²) in [5.74, 6) is 1.72. The number of amides is 2. The molecule has 7 heteroatoms. The Morgan fingerprint density at radius 2 is 2.04 bits per heavy atom. The molecule has 2 aromatic rings. The van der Waals surface area contributed by atoms with Crippen molar-refractivity contribution in [1.29, 1.82) is 0 Å². The van der Waals surface area contributed by atoms with Crippen LogP contribution in [0.1, 0.15) is 37.6 Å². The molecule has 1 saturated heterocycles. The zero-order chi connectivity index (χ0) is 16.9. The highest BCUT2D eigenvalue weighted by molar-refractivity contribution is 5.89. The molecular formula is C17H22N6O. The standard InChI is InChI=1S/C17H22N6O/c1-11-10-12(2)20-15(19-11)23-14(5-8-18-23)21-16(24)22-9-6-13-4-7-17(13,22)3/h5,8,10,13H,4,6-7,9H2,1-3H3,(H,21,24)/t13-,17-/m0/s1. The topological polar surface area (TPSA) is 75.9 Å². The molecule has 0 spiro atoms. The van der Waals surface area contributed by atoms with Crippen LogP contribution < -0.4 is 5.32 Å². The van der Waals surface area contributed by atoms with Gasteiger partial charge in [-0.1, -0.05) is 0 Å². The van der Waals surface area contributed by atoms with E-state index in [1.54, 1.807) is 16.9 Å². The summed E-state index contributed by atoms with van der Waals surface area (Å²) >= 11 is 0. The van der Waals surface area contributed by atoms with E-state index >= 15 is 0 Å². The zero-order valence-electron chi connectivity index (χ0n) is 14.3. The van der Waals surface area contributed by atoms with Crippen LogP contribution in [0.4, 0.5) is 10.6 Å². The van der Waals surface area contributed by atoms with Crippen LogP contribution in [0, 0.1) is 19.8 Å². The zero-order valence-corrected chi connectivity index (χ0v) is 14.3. The molecule has 3 heterocycles. The van der Waals surface area contributed by atoms with Gasteiger partial charge in [-0.3, -0.25) is 5.32 Å². The van der Waals surface area contributed by atoms with E-state index < -0.39 is 0 Å². The van der Waals surface area contributed by atoms with Gasteiger partial charge in [0.2, 0.25) is 0 Å². The van der Waals surface area contributed by atoms with E-state index in [-0.39, 0.29) is 11.6 Å². The minimum absolute atomic E-state index is 0.0192. The van der Waals surface area contributed by atoms with Crippen LogP contribution in [0.15, 0.2) is 18.3 Å². The molecule has 0 aromatic carbocycles. The Balaban J connectivity index is 1.58. The van der Waals surface area contributed by atoms with Gasteiger partial charge in [0.1, 0.15) is 5.82 Å². The molecular weight excluding hydrogens is 304 g/mol. The number of carbonyl (C=O) groups is 1. The Morgan fingerprint density at radius 3 is 2.67 bits per heavy atom. The van der Waals surface area contributed by atoms with Gasteiger partial charge in [0.25, 0.3) is 5.95 Å². The Labute approximate surface area is 141 Å². The van der Waals surface area contributed by atoms with Gasteiger partial charge in [0.05, 0.1) is 6.20 Å². The maximum atomic E-state index is 12.8. The Kier molecular flexibility index (Phi) is 3.33. The molecule has 0 radical (unpaired) electrons. The highest BCUT2D eigenvalue weighted by Crippen LogP contribution is 2.49. The number of anilines is 1. The lowest BCUT2D eigenvalue weighted by Gasteiger charge is -2.47. The predicted octanol–water partition coefficient (Wildman–Crippen LogP) is 2.69. The fourth-order valence-electron chi connectivity index (χ4n) is 3.99. The van der Waals surface area contributed by atoms with Gasteiger partial charge < -0.3 is 4.90 Å². The molecule has 1 saturated carbocycles. The van der Waals surface area contributed by atoms with E-state index in [2.05, 4.69) is 27.3 Å². The van der Waals surface area contributed by atoms with Crippen molar-refractivity contribution in [2.75, 3.05) is 11.9 Å². The number of fused-ring (bicyclic) bond motifs is 1.